The number of nitrogens with one attached hydrogen (secondary N) is 1. The standard InChI is InChI=1S/C17H19F3N2O2/c1-10(2)22-11(3)9-15(12(22)4)16(23)21-13-5-7-14(8-6-13)24-17(18,19)20/h5-10H,1-4H3,(H,21,23). The van der Waals surface area contributed by atoms with E-state index in [9.17, 15) is 18.0 Å². The number of hydrogen-bond donors (Lipinski definition) is 1. The second kappa shape index (κ2) is 6.59. The number of aryl methyl sites for hydroxylation is 1. The molecule has 0 unspecified atom stereocenters. The Morgan fingerprint density at radius 1 is 1.17 bits per heavy atom. The van der Waals surface area contributed by atoms with E-state index in [4.69, 9.17) is 0 Å². The molecule has 2 rings (SSSR count). The number of nitrogens with zero attached hydrogens (tertiary/aromatic N) is 1. The molecule has 1 N–H and O–H groups in total. The number of hydrogen-bond acceptors (Lipinski definition) is 2. The topological polar surface area (TPSA) is 43.3 Å². The number of alkyl halides is 3. The first-order valence-electron chi connectivity index (χ1n) is 7.44. The van der Waals surface area contributed by atoms with E-state index < -0.39 is 6.36 Å². The van der Waals surface area contributed by atoms with E-state index in [1.54, 1.807) is 6.07 Å². The summed E-state index contributed by atoms with van der Waals surface area (Å²) in [5, 5.41) is 2.68. The lowest BCUT2D eigenvalue weighted by Gasteiger charge is -2.14. The van der Waals surface area contributed by atoms with E-state index in [-0.39, 0.29) is 17.7 Å². The van der Waals surface area contributed by atoms with Crippen molar-refractivity contribution in [3.05, 3.63) is 47.3 Å². The highest BCUT2D eigenvalue weighted by atomic mass is 19.4. The van der Waals surface area contributed by atoms with E-state index in [2.05, 4.69) is 14.6 Å². The number of amides is 1. The fourth-order valence-corrected chi connectivity index (χ4v) is 2.74. The monoisotopic (exact) mass is 340 g/mol. The maximum atomic E-state index is 12.4. The summed E-state index contributed by atoms with van der Waals surface area (Å²) < 4.78 is 42.2. The van der Waals surface area contributed by atoms with Gasteiger partial charge in [-0.15, -0.1) is 13.2 Å². The van der Waals surface area contributed by atoms with Gasteiger partial charge < -0.3 is 14.6 Å². The highest BCUT2D eigenvalue weighted by Crippen LogP contribution is 2.25. The zero-order valence-corrected chi connectivity index (χ0v) is 13.9. The molecule has 0 saturated heterocycles. The Morgan fingerprint density at radius 3 is 2.21 bits per heavy atom. The molecule has 0 saturated carbocycles. The van der Waals surface area contributed by atoms with Gasteiger partial charge in [0.2, 0.25) is 0 Å². The molecule has 1 heterocycles. The minimum absolute atomic E-state index is 0.227. The quantitative estimate of drug-likeness (QED) is 0.866. The highest BCUT2D eigenvalue weighted by molar-refractivity contribution is 6.05. The maximum Gasteiger partial charge on any atom is 0.573 e. The third-order valence-corrected chi connectivity index (χ3v) is 3.59. The van der Waals surface area contributed by atoms with Crippen molar-refractivity contribution in [3.8, 4) is 5.75 Å². The van der Waals surface area contributed by atoms with Crippen molar-refractivity contribution in [1.29, 1.82) is 0 Å². The molecule has 1 aromatic heterocycles. The zero-order valence-electron chi connectivity index (χ0n) is 13.9. The van der Waals surface area contributed by atoms with E-state index in [0.29, 0.717) is 11.3 Å². The van der Waals surface area contributed by atoms with E-state index >= 15 is 0 Å². The minimum atomic E-state index is -4.74. The van der Waals surface area contributed by atoms with Crippen molar-refractivity contribution in [2.75, 3.05) is 5.32 Å². The van der Waals surface area contributed by atoms with Crippen LogP contribution in [0.25, 0.3) is 0 Å². The summed E-state index contributed by atoms with van der Waals surface area (Å²) >= 11 is 0. The number of halogens is 3. The van der Waals surface area contributed by atoms with Crippen LogP contribution in [0.5, 0.6) is 5.75 Å². The summed E-state index contributed by atoms with van der Waals surface area (Å²) in [4.78, 5) is 12.4. The molecule has 0 radical (unpaired) electrons. The SMILES string of the molecule is Cc1cc(C(=O)Nc2ccc(OC(F)(F)F)cc2)c(C)n1C(C)C. The highest BCUT2D eigenvalue weighted by Gasteiger charge is 2.31. The van der Waals surface area contributed by atoms with Crippen LogP contribution < -0.4 is 10.1 Å². The largest absolute Gasteiger partial charge is 0.573 e. The van der Waals surface area contributed by atoms with Gasteiger partial charge in [0.25, 0.3) is 5.91 Å². The van der Waals surface area contributed by atoms with Crippen LogP contribution in [0.4, 0.5) is 18.9 Å². The molecule has 0 aliphatic rings. The van der Waals surface area contributed by atoms with Crippen LogP contribution in [0.3, 0.4) is 0 Å². The number of anilines is 1. The van der Waals surface area contributed by atoms with Crippen molar-refractivity contribution in [2.24, 2.45) is 0 Å². The van der Waals surface area contributed by atoms with Gasteiger partial charge in [-0.05, 0) is 58.0 Å². The molecule has 4 nitrogen and oxygen atoms in total. The lowest BCUT2D eigenvalue weighted by atomic mass is 10.2. The van der Waals surface area contributed by atoms with Crippen LogP contribution in [0, 0.1) is 13.8 Å². The number of carbonyl (C=O) groups is 1. The fraction of sp³-hybridized carbons (Fsp3) is 0.353. The number of aromatic nitrogens is 1. The Hall–Kier alpha value is -2.44. The first-order chi connectivity index (χ1) is 11.1. The Kier molecular flexibility index (Phi) is 4.91. The van der Waals surface area contributed by atoms with Crippen LogP contribution >= 0.6 is 0 Å². The Balaban J connectivity index is 2.14. The van der Waals surface area contributed by atoms with Crippen LogP contribution in [-0.4, -0.2) is 16.8 Å². The third-order valence-electron chi connectivity index (χ3n) is 3.59. The molecule has 2 aromatic rings. The maximum absolute atomic E-state index is 12.4. The summed E-state index contributed by atoms with van der Waals surface area (Å²) in [5.41, 5.74) is 2.75. The second-order valence-corrected chi connectivity index (χ2v) is 5.77. The van der Waals surface area contributed by atoms with Crippen LogP contribution in [0.2, 0.25) is 0 Å². The number of carbonyl (C=O) groups excluding carboxylic acids is 1. The van der Waals surface area contributed by atoms with Crippen LogP contribution in [-0.2, 0) is 0 Å². The molecule has 130 valence electrons. The average molecular weight is 340 g/mol. The van der Waals surface area contributed by atoms with Gasteiger partial charge in [-0.3, -0.25) is 4.79 Å². The number of benzene rings is 1. The van der Waals surface area contributed by atoms with Gasteiger partial charge >= 0.3 is 6.36 Å². The van der Waals surface area contributed by atoms with Gasteiger partial charge in [0, 0.05) is 23.1 Å². The molecule has 7 heteroatoms. The van der Waals surface area contributed by atoms with E-state index in [1.165, 1.54) is 12.1 Å². The Labute approximate surface area is 138 Å². The molecule has 0 spiro atoms. The zero-order chi connectivity index (χ0) is 18.1. The van der Waals surface area contributed by atoms with Crippen LogP contribution in [0.15, 0.2) is 30.3 Å². The molecule has 0 aliphatic heterocycles. The van der Waals surface area contributed by atoms with E-state index in [0.717, 1.165) is 23.5 Å². The first-order valence-corrected chi connectivity index (χ1v) is 7.44. The van der Waals surface area contributed by atoms with Gasteiger partial charge in [-0.25, -0.2) is 0 Å². The molecule has 0 atom stereocenters. The lowest BCUT2D eigenvalue weighted by Crippen LogP contribution is -2.17. The smallest absolute Gasteiger partial charge is 0.406 e. The third kappa shape index (κ3) is 4.10. The molecule has 1 amide bonds. The summed E-state index contributed by atoms with van der Waals surface area (Å²) in [6, 6.07) is 7.05. The molecule has 0 bridgehead atoms. The molecule has 24 heavy (non-hydrogen) atoms. The van der Waals surface area contributed by atoms with E-state index in [1.807, 2.05) is 27.7 Å². The number of rotatable bonds is 4. The summed E-state index contributed by atoms with van der Waals surface area (Å²) in [6.07, 6.45) is -4.74. The van der Waals surface area contributed by atoms with Gasteiger partial charge in [0.1, 0.15) is 5.75 Å². The molecule has 0 aliphatic carbocycles. The summed E-state index contributed by atoms with van der Waals surface area (Å²) in [6.45, 7) is 7.84. The van der Waals surface area contributed by atoms with Crippen molar-refractivity contribution in [1.82, 2.24) is 4.57 Å². The summed E-state index contributed by atoms with van der Waals surface area (Å²) in [7, 11) is 0. The van der Waals surface area contributed by atoms with Crippen molar-refractivity contribution < 1.29 is 22.7 Å². The molecule has 0 fully saturated rings. The van der Waals surface area contributed by atoms with Crippen molar-refractivity contribution >= 4 is 11.6 Å². The van der Waals surface area contributed by atoms with Crippen molar-refractivity contribution in [2.45, 2.75) is 40.1 Å². The fourth-order valence-electron chi connectivity index (χ4n) is 2.74. The van der Waals surface area contributed by atoms with Gasteiger partial charge in [0.05, 0.1) is 5.56 Å². The predicted molar refractivity (Wildman–Crippen MR) is 85.4 cm³/mol. The first kappa shape index (κ1) is 17.9. The summed E-state index contributed by atoms with van der Waals surface area (Å²) in [5.74, 6) is -0.641. The predicted octanol–water partition coefficient (Wildman–Crippen LogP) is 4.84. The van der Waals surface area contributed by atoms with Gasteiger partial charge in [-0.1, -0.05) is 0 Å². The van der Waals surface area contributed by atoms with Gasteiger partial charge in [0.15, 0.2) is 0 Å². The molecular formula is C17H19F3N2O2. The molecular weight excluding hydrogens is 321 g/mol. The normalized spacial score (nSPS) is 11.7. The van der Waals surface area contributed by atoms with Gasteiger partial charge in [-0.2, -0.15) is 0 Å². The second-order valence-electron chi connectivity index (χ2n) is 5.77. The Bertz CT molecular complexity index is 732. The number of ether oxygens (including phenoxy) is 1. The minimum Gasteiger partial charge on any atom is -0.406 e. The van der Waals surface area contributed by atoms with Crippen LogP contribution in [0.1, 0.15) is 41.6 Å². The average Bonchev–Trinajstić information content (AvgIpc) is 2.74. The van der Waals surface area contributed by atoms with Crippen molar-refractivity contribution in [3.63, 3.8) is 0 Å². The lowest BCUT2D eigenvalue weighted by molar-refractivity contribution is -0.274. The molecule has 1 aromatic carbocycles. The Morgan fingerprint density at radius 2 is 1.75 bits per heavy atom.